The molecule has 0 radical (unpaired) electrons. The van der Waals surface area contributed by atoms with Gasteiger partial charge in [0.1, 0.15) is 11.5 Å². The van der Waals surface area contributed by atoms with Gasteiger partial charge in [-0.05, 0) is 13.0 Å². The number of nitrogens with two attached hydrogens (primary N) is 1. The maximum absolute atomic E-state index is 13.6. The van der Waals surface area contributed by atoms with E-state index in [9.17, 15) is 9.18 Å². The number of aromatic nitrogens is 2. The number of carbonyl (C=O) groups is 1. The van der Waals surface area contributed by atoms with Crippen LogP contribution >= 0.6 is 0 Å². The van der Waals surface area contributed by atoms with Crippen LogP contribution < -0.4 is 11.1 Å². The molecule has 5 nitrogen and oxygen atoms in total. The smallest absolute Gasteiger partial charge is 0.271 e. The molecular weight excluding hydrogens is 259 g/mol. The van der Waals surface area contributed by atoms with Crippen LogP contribution in [-0.2, 0) is 6.54 Å². The number of imidazole rings is 1. The van der Waals surface area contributed by atoms with Crippen molar-refractivity contribution in [3.63, 3.8) is 0 Å². The molecule has 3 N–H and O–H groups in total. The van der Waals surface area contributed by atoms with Gasteiger partial charge in [0.15, 0.2) is 0 Å². The molecule has 0 spiro atoms. The van der Waals surface area contributed by atoms with E-state index in [0.717, 1.165) is 0 Å². The summed E-state index contributed by atoms with van der Waals surface area (Å²) in [6, 6.07) is 5.93. The van der Waals surface area contributed by atoms with Crippen LogP contribution in [0.1, 0.15) is 29.0 Å². The Morgan fingerprint density at radius 1 is 1.50 bits per heavy atom. The molecule has 0 aliphatic heterocycles. The maximum Gasteiger partial charge on any atom is 0.271 e. The highest BCUT2D eigenvalue weighted by Gasteiger charge is 2.15. The van der Waals surface area contributed by atoms with Crippen molar-refractivity contribution in [2.24, 2.45) is 5.73 Å². The highest BCUT2D eigenvalue weighted by atomic mass is 19.1. The van der Waals surface area contributed by atoms with E-state index in [0.29, 0.717) is 24.3 Å². The Bertz CT molecular complexity index is 596. The highest BCUT2D eigenvalue weighted by Crippen LogP contribution is 2.16. The summed E-state index contributed by atoms with van der Waals surface area (Å²) >= 11 is 0. The van der Waals surface area contributed by atoms with Crippen molar-refractivity contribution in [1.29, 1.82) is 0 Å². The Labute approximate surface area is 116 Å². The summed E-state index contributed by atoms with van der Waals surface area (Å²) in [5.74, 6) is -0.675. The summed E-state index contributed by atoms with van der Waals surface area (Å²) in [5, 5.41) is 2.72. The number of amides is 1. The first-order valence-corrected chi connectivity index (χ1v) is 6.39. The van der Waals surface area contributed by atoms with Crippen LogP contribution in [0.25, 0.3) is 0 Å². The predicted molar refractivity (Wildman–Crippen MR) is 73.6 cm³/mol. The summed E-state index contributed by atoms with van der Waals surface area (Å²) in [5.41, 5.74) is 6.17. The van der Waals surface area contributed by atoms with Crippen molar-refractivity contribution < 1.29 is 9.18 Å². The molecule has 6 heteroatoms. The van der Waals surface area contributed by atoms with E-state index in [1.165, 1.54) is 6.07 Å². The first-order chi connectivity index (χ1) is 9.61. The third-order valence-electron chi connectivity index (χ3n) is 2.97. The predicted octanol–water partition coefficient (Wildman–Crippen LogP) is 1.47. The number of nitrogens with zero attached hydrogens (tertiary/aromatic N) is 2. The SMILES string of the molecule is CC(NC(=O)c1cn(CCN)cn1)c1ccccc1F. The van der Waals surface area contributed by atoms with Gasteiger partial charge in [-0.2, -0.15) is 0 Å². The summed E-state index contributed by atoms with van der Waals surface area (Å²) in [6.45, 7) is 2.80. The minimum atomic E-state index is -0.427. The minimum absolute atomic E-state index is 0.293. The van der Waals surface area contributed by atoms with Crippen LogP contribution in [0.3, 0.4) is 0 Å². The van der Waals surface area contributed by atoms with E-state index in [1.807, 2.05) is 0 Å². The van der Waals surface area contributed by atoms with Crippen LogP contribution in [-0.4, -0.2) is 22.0 Å². The van der Waals surface area contributed by atoms with Crippen molar-refractivity contribution in [1.82, 2.24) is 14.9 Å². The van der Waals surface area contributed by atoms with Gasteiger partial charge in [-0.15, -0.1) is 0 Å². The standard InChI is InChI=1S/C14H17FN4O/c1-10(11-4-2-3-5-12(11)15)18-14(20)13-8-19(7-6-16)9-17-13/h2-5,8-10H,6-7,16H2,1H3,(H,18,20). The lowest BCUT2D eigenvalue weighted by atomic mass is 10.1. The summed E-state index contributed by atoms with van der Waals surface area (Å²) in [7, 11) is 0. The van der Waals surface area contributed by atoms with Crippen LogP contribution in [0, 0.1) is 5.82 Å². The highest BCUT2D eigenvalue weighted by molar-refractivity contribution is 5.92. The van der Waals surface area contributed by atoms with Crippen molar-refractivity contribution in [2.45, 2.75) is 19.5 Å². The first kappa shape index (κ1) is 14.2. The molecule has 0 aliphatic rings. The van der Waals surface area contributed by atoms with Crippen molar-refractivity contribution in [2.75, 3.05) is 6.54 Å². The lowest BCUT2D eigenvalue weighted by Gasteiger charge is -2.14. The number of carbonyl (C=O) groups excluding carboxylic acids is 1. The molecule has 1 aromatic carbocycles. The Hall–Kier alpha value is -2.21. The van der Waals surface area contributed by atoms with Gasteiger partial charge in [-0.3, -0.25) is 4.79 Å². The fourth-order valence-corrected chi connectivity index (χ4v) is 1.92. The van der Waals surface area contributed by atoms with Gasteiger partial charge in [0.05, 0.1) is 12.4 Å². The van der Waals surface area contributed by atoms with Gasteiger partial charge in [0, 0.05) is 24.8 Å². The topological polar surface area (TPSA) is 72.9 Å². The Balaban J connectivity index is 2.05. The van der Waals surface area contributed by atoms with E-state index in [2.05, 4.69) is 10.3 Å². The van der Waals surface area contributed by atoms with Crippen LogP contribution in [0.4, 0.5) is 4.39 Å². The zero-order valence-electron chi connectivity index (χ0n) is 11.2. The van der Waals surface area contributed by atoms with E-state index in [-0.39, 0.29) is 11.7 Å². The normalized spacial score (nSPS) is 12.2. The number of hydrogen-bond acceptors (Lipinski definition) is 3. The summed E-state index contributed by atoms with van der Waals surface area (Å²) < 4.78 is 15.4. The van der Waals surface area contributed by atoms with Gasteiger partial charge in [-0.1, -0.05) is 18.2 Å². The van der Waals surface area contributed by atoms with Gasteiger partial charge in [0.25, 0.3) is 5.91 Å². The Morgan fingerprint density at radius 3 is 2.95 bits per heavy atom. The van der Waals surface area contributed by atoms with Crippen molar-refractivity contribution in [3.05, 3.63) is 53.9 Å². The van der Waals surface area contributed by atoms with Gasteiger partial charge in [-0.25, -0.2) is 9.37 Å². The van der Waals surface area contributed by atoms with Crippen molar-refractivity contribution >= 4 is 5.91 Å². The molecule has 1 aromatic heterocycles. The van der Waals surface area contributed by atoms with Crippen LogP contribution in [0.5, 0.6) is 0 Å². The molecule has 0 bridgehead atoms. The maximum atomic E-state index is 13.6. The number of hydrogen-bond donors (Lipinski definition) is 2. The number of rotatable bonds is 5. The van der Waals surface area contributed by atoms with E-state index in [4.69, 9.17) is 5.73 Å². The van der Waals surface area contributed by atoms with Gasteiger partial charge >= 0.3 is 0 Å². The van der Waals surface area contributed by atoms with Crippen molar-refractivity contribution in [3.8, 4) is 0 Å². The van der Waals surface area contributed by atoms with Gasteiger partial charge < -0.3 is 15.6 Å². The Morgan fingerprint density at radius 2 is 2.25 bits per heavy atom. The zero-order valence-corrected chi connectivity index (χ0v) is 11.2. The largest absolute Gasteiger partial charge is 0.344 e. The molecule has 1 atom stereocenters. The second-order valence-corrected chi connectivity index (χ2v) is 4.50. The average Bonchev–Trinajstić information content (AvgIpc) is 2.88. The Kier molecular flexibility index (Phi) is 4.47. The first-order valence-electron chi connectivity index (χ1n) is 6.39. The van der Waals surface area contributed by atoms with E-state index in [1.54, 1.807) is 42.2 Å². The fraction of sp³-hybridized carbons (Fsp3) is 0.286. The summed E-state index contributed by atoms with van der Waals surface area (Å²) in [6.07, 6.45) is 3.17. The zero-order chi connectivity index (χ0) is 14.5. The molecule has 20 heavy (non-hydrogen) atoms. The number of benzene rings is 1. The number of halogens is 1. The molecule has 2 rings (SSSR count). The molecule has 1 amide bonds. The third kappa shape index (κ3) is 3.21. The molecule has 1 unspecified atom stereocenters. The molecular formula is C14H17FN4O. The molecule has 1 heterocycles. The molecule has 106 valence electrons. The second-order valence-electron chi connectivity index (χ2n) is 4.50. The van der Waals surface area contributed by atoms with Gasteiger partial charge in [0.2, 0.25) is 0 Å². The third-order valence-corrected chi connectivity index (χ3v) is 2.97. The monoisotopic (exact) mass is 276 g/mol. The molecule has 0 fully saturated rings. The summed E-state index contributed by atoms with van der Waals surface area (Å²) in [4.78, 5) is 16.0. The van der Waals surface area contributed by atoms with E-state index >= 15 is 0 Å². The van der Waals surface area contributed by atoms with E-state index < -0.39 is 6.04 Å². The van der Waals surface area contributed by atoms with Crippen LogP contribution in [0.15, 0.2) is 36.8 Å². The second kappa shape index (κ2) is 6.29. The quantitative estimate of drug-likeness (QED) is 0.868. The molecule has 0 saturated carbocycles. The lowest BCUT2D eigenvalue weighted by molar-refractivity contribution is 0.0934. The fourth-order valence-electron chi connectivity index (χ4n) is 1.92. The average molecular weight is 276 g/mol. The molecule has 0 aliphatic carbocycles. The van der Waals surface area contributed by atoms with Crippen LogP contribution in [0.2, 0.25) is 0 Å². The number of nitrogens with one attached hydrogen (secondary N) is 1. The molecule has 0 saturated heterocycles. The lowest BCUT2D eigenvalue weighted by Crippen LogP contribution is -2.27. The molecule has 2 aromatic rings. The minimum Gasteiger partial charge on any atom is -0.344 e.